The smallest absolute Gasteiger partial charge is 0.314 e. The summed E-state index contributed by atoms with van der Waals surface area (Å²) in [6, 6.07) is -0.332. The quantitative estimate of drug-likeness (QED) is 0.747. The average Bonchev–Trinajstić information content (AvgIpc) is 2.01. The number of nitrogens with one attached hydrogen (secondary N) is 2. The van der Waals surface area contributed by atoms with E-state index in [1.807, 2.05) is 0 Å². The van der Waals surface area contributed by atoms with E-state index in [9.17, 15) is 13.2 Å². The van der Waals surface area contributed by atoms with Gasteiger partial charge >= 0.3 is 6.03 Å². The molecule has 0 aliphatic carbocycles. The van der Waals surface area contributed by atoms with Crippen LogP contribution in [0.4, 0.5) is 4.79 Å². The maximum Gasteiger partial charge on any atom is 0.314 e. The Bertz CT molecular complexity index is 304. The van der Waals surface area contributed by atoms with Crippen molar-refractivity contribution < 1.29 is 13.2 Å². The van der Waals surface area contributed by atoms with Crippen molar-refractivity contribution >= 4 is 15.9 Å². The molecule has 0 radical (unpaired) electrons. The van der Waals surface area contributed by atoms with Crippen molar-refractivity contribution in [2.24, 2.45) is 0 Å². The molecule has 0 aromatic rings. The van der Waals surface area contributed by atoms with Crippen LogP contribution in [0.3, 0.4) is 0 Å². The monoisotopic (exact) mass is 236 g/mol. The van der Waals surface area contributed by atoms with Crippen LogP contribution in [0.5, 0.6) is 0 Å². The standard InChI is InChI=1S/C9H20N2O3S/c1-5-10-8(12)11-6-7-15(13,14)9(2,3)4/h5-7H2,1-4H3,(H2,10,11,12). The molecule has 0 saturated carbocycles. The van der Waals surface area contributed by atoms with Gasteiger partial charge in [-0.1, -0.05) is 0 Å². The predicted molar refractivity (Wildman–Crippen MR) is 60.6 cm³/mol. The molecule has 2 N–H and O–H groups in total. The Labute approximate surface area is 91.5 Å². The lowest BCUT2D eigenvalue weighted by Crippen LogP contribution is -2.40. The second-order valence-corrected chi connectivity index (χ2v) is 7.08. The van der Waals surface area contributed by atoms with E-state index in [0.717, 1.165) is 0 Å². The predicted octanol–water partition coefficient (Wildman–Crippen LogP) is 0.519. The molecule has 0 atom stereocenters. The molecule has 0 unspecified atom stereocenters. The topological polar surface area (TPSA) is 75.3 Å². The lowest BCUT2D eigenvalue weighted by molar-refractivity contribution is 0.242. The average molecular weight is 236 g/mol. The Kier molecular flexibility index (Phi) is 5.07. The van der Waals surface area contributed by atoms with Gasteiger partial charge in [-0.2, -0.15) is 0 Å². The van der Waals surface area contributed by atoms with Gasteiger partial charge in [0.05, 0.1) is 10.5 Å². The number of carbonyl (C=O) groups excluding carboxylic acids is 1. The molecule has 0 heterocycles. The van der Waals surface area contributed by atoms with Crippen LogP contribution in [-0.4, -0.2) is 38.0 Å². The summed E-state index contributed by atoms with van der Waals surface area (Å²) in [5.41, 5.74) is 0. The number of urea groups is 1. The molecule has 15 heavy (non-hydrogen) atoms. The van der Waals surface area contributed by atoms with Gasteiger partial charge in [-0.3, -0.25) is 0 Å². The van der Waals surface area contributed by atoms with Gasteiger partial charge in [-0.05, 0) is 27.7 Å². The third-order valence-corrected chi connectivity index (χ3v) is 4.53. The molecule has 0 aliphatic rings. The van der Waals surface area contributed by atoms with Crippen LogP contribution in [0.25, 0.3) is 0 Å². The van der Waals surface area contributed by atoms with Crippen molar-refractivity contribution in [3.63, 3.8) is 0 Å². The fourth-order valence-corrected chi connectivity index (χ4v) is 1.81. The van der Waals surface area contributed by atoms with E-state index in [2.05, 4.69) is 10.6 Å². The zero-order chi connectivity index (χ0) is 12.1. The first kappa shape index (κ1) is 14.2. The molecule has 0 saturated heterocycles. The Morgan fingerprint density at radius 2 is 1.73 bits per heavy atom. The third kappa shape index (κ3) is 5.01. The third-order valence-electron chi connectivity index (χ3n) is 1.93. The molecule has 6 heteroatoms. The van der Waals surface area contributed by atoms with E-state index in [1.165, 1.54) is 0 Å². The van der Waals surface area contributed by atoms with Gasteiger partial charge in [0.2, 0.25) is 0 Å². The largest absolute Gasteiger partial charge is 0.338 e. The van der Waals surface area contributed by atoms with E-state index in [0.29, 0.717) is 6.54 Å². The summed E-state index contributed by atoms with van der Waals surface area (Å²) in [5, 5.41) is 5.01. The van der Waals surface area contributed by atoms with Crippen molar-refractivity contribution in [3.8, 4) is 0 Å². The maximum atomic E-state index is 11.6. The van der Waals surface area contributed by atoms with Crippen LogP contribution < -0.4 is 10.6 Å². The van der Waals surface area contributed by atoms with E-state index in [4.69, 9.17) is 0 Å². The van der Waals surface area contributed by atoms with E-state index < -0.39 is 14.6 Å². The van der Waals surface area contributed by atoms with Gasteiger partial charge < -0.3 is 10.6 Å². The van der Waals surface area contributed by atoms with Gasteiger partial charge in [0.1, 0.15) is 0 Å². The number of amides is 2. The van der Waals surface area contributed by atoms with Crippen molar-refractivity contribution in [1.29, 1.82) is 0 Å². The fraction of sp³-hybridized carbons (Fsp3) is 0.889. The van der Waals surface area contributed by atoms with Gasteiger partial charge in [-0.25, -0.2) is 13.2 Å². The lowest BCUT2D eigenvalue weighted by Gasteiger charge is -2.19. The van der Waals surface area contributed by atoms with E-state index >= 15 is 0 Å². The lowest BCUT2D eigenvalue weighted by atomic mass is 10.3. The molecule has 90 valence electrons. The number of carbonyl (C=O) groups is 1. The van der Waals surface area contributed by atoms with Crippen molar-refractivity contribution in [3.05, 3.63) is 0 Å². The van der Waals surface area contributed by atoms with Crippen LogP contribution in [0.2, 0.25) is 0 Å². The second-order valence-electron chi connectivity index (χ2n) is 4.22. The summed E-state index contributed by atoms with van der Waals surface area (Å²) in [5.74, 6) is -0.0341. The first-order valence-electron chi connectivity index (χ1n) is 4.94. The van der Waals surface area contributed by atoms with Crippen molar-refractivity contribution in [2.45, 2.75) is 32.4 Å². The van der Waals surface area contributed by atoms with E-state index in [1.54, 1.807) is 27.7 Å². The molecular weight excluding hydrogens is 216 g/mol. The molecule has 0 rings (SSSR count). The Balaban J connectivity index is 4.03. The number of rotatable bonds is 4. The summed E-state index contributed by atoms with van der Waals surface area (Å²) in [6.07, 6.45) is 0. The first-order chi connectivity index (χ1) is 6.70. The van der Waals surface area contributed by atoms with Crippen molar-refractivity contribution in [1.82, 2.24) is 10.6 Å². The highest BCUT2D eigenvalue weighted by Gasteiger charge is 2.28. The van der Waals surface area contributed by atoms with Gasteiger partial charge in [0, 0.05) is 13.1 Å². The van der Waals surface area contributed by atoms with Crippen LogP contribution in [0, 0.1) is 0 Å². The minimum Gasteiger partial charge on any atom is -0.338 e. The Morgan fingerprint density at radius 3 is 2.13 bits per heavy atom. The number of hydrogen-bond acceptors (Lipinski definition) is 3. The molecule has 2 amide bonds. The van der Waals surface area contributed by atoms with Crippen LogP contribution >= 0.6 is 0 Å². The molecule has 0 aromatic heterocycles. The highest BCUT2D eigenvalue weighted by molar-refractivity contribution is 7.92. The minimum atomic E-state index is -3.15. The molecule has 0 aromatic carbocycles. The molecule has 0 spiro atoms. The summed E-state index contributed by atoms with van der Waals surface area (Å²) in [6.45, 7) is 7.41. The molecule has 0 fully saturated rings. The Hall–Kier alpha value is -0.780. The molecule has 0 aliphatic heterocycles. The zero-order valence-corrected chi connectivity index (χ0v) is 10.6. The number of sulfone groups is 1. The highest BCUT2D eigenvalue weighted by atomic mass is 32.2. The van der Waals surface area contributed by atoms with Gasteiger partial charge in [-0.15, -0.1) is 0 Å². The summed E-state index contributed by atoms with van der Waals surface area (Å²) in [4.78, 5) is 11.0. The summed E-state index contributed by atoms with van der Waals surface area (Å²) < 4.78 is 22.5. The van der Waals surface area contributed by atoms with Gasteiger partial charge in [0.25, 0.3) is 0 Å². The summed E-state index contributed by atoms with van der Waals surface area (Å²) >= 11 is 0. The fourth-order valence-electron chi connectivity index (χ4n) is 0.828. The highest BCUT2D eigenvalue weighted by Crippen LogP contribution is 2.14. The first-order valence-corrected chi connectivity index (χ1v) is 6.60. The van der Waals surface area contributed by atoms with E-state index in [-0.39, 0.29) is 18.3 Å². The van der Waals surface area contributed by atoms with Crippen LogP contribution in [-0.2, 0) is 9.84 Å². The normalized spacial score (nSPS) is 12.3. The summed E-state index contributed by atoms with van der Waals surface area (Å²) in [7, 11) is -3.15. The second kappa shape index (κ2) is 5.34. The van der Waals surface area contributed by atoms with Crippen LogP contribution in [0.1, 0.15) is 27.7 Å². The molecule has 5 nitrogen and oxygen atoms in total. The SMILES string of the molecule is CCNC(=O)NCCS(=O)(=O)C(C)(C)C. The van der Waals surface area contributed by atoms with Gasteiger partial charge in [0.15, 0.2) is 9.84 Å². The minimum absolute atomic E-state index is 0.0341. The van der Waals surface area contributed by atoms with Crippen LogP contribution in [0.15, 0.2) is 0 Å². The maximum absolute atomic E-state index is 11.6. The Morgan fingerprint density at radius 1 is 1.20 bits per heavy atom. The molecule has 0 bridgehead atoms. The number of hydrogen-bond donors (Lipinski definition) is 2. The zero-order valence-electron chi connectivity index (χ0n) is 9.75. The van der Waals surface area contributed by atoms with Crippen molar-refractivity contribution in [2.75, 3.05) is 18.8 Å². The molecular formula is C9H20N2O3S.